The van der Waals surface area contributed by atoms with Crippen molar-refractivity contribution >= 4 is 11.4 Å². The SMILES string of the molecule is CCOc1cc(NCCCN(C)C(C)C)c(N)cc1F. The summed E-state index contributed by atoms with van der Waals surface area (Å²) in [5.41, 5.74) is 6.94. The number of ether oxygens (including phenoxy) is 1. The van der Waals surface area contributed by atoms with E-state index in [9.17, 15) is 4.39 Å². The Morgan fingerprint density at radius 1 is 1.40 bits per heavy atom. The molecular formula is C15H26FN3O. The second kappa shape index (κ2) is 7.94. The van der Waals surface area contributed by atoms with Gasteiger partial charge in [0.1, 0.15) is 0 Å². The fourth-order valence-electron chi connectivity index (χ4n) is 1.80. The molecule has 1 rings (SSSR count). The number of hydrogen-bond donors (Lipinski definition) is 2. The number of nitrogens with one attached hydrogen (secondary N) is 1. The van der Waals surface area contributed by atoms with E-state index in [0.717, 1.165) is 25.2 Å². The van der Waals surface area contributed by atoms with Gasteiger partial charge in [-0.05, 0) is 40.8 Å². The molecule has 114 valence electrons. The molecule has 1 aromatic rings. The minimum atomic E-state index is -0.422. The van der Waals surface area contributed by atoms with E-state index in [2.05, 4.69) is 31.1 Å². The number of nitrogens with zero attached hydrogens (tertiary/aromatic N) is 1. The Morgan fingerprint density at radius 2 is 2.10 bits per heavy atom. The van der Waals surface area contributed by atoms with Crippen LogP contribution in [0.4, 0.5) is 15.8 Å². The van der Waals surface area contributed by atoms with E-state index in [1.807, 2.05) is 6.92 Å². The molecule has 0 saturated heterocycles. The summed E-state index contributed by atoms with van der Waals surface area (Å²) in [5.74, 6) is -0.182. The predicted octanol–water partition coefficient (Wildman–Crippen LogP) is 2.95. The summed E-state index contributed by atoms with van der Waals surface area (Å²) in [5, 5.41) is 3.23. The molecule has 0 aromatic heterocycles. The number of hydrogen-bond acceptors (Lipinski definition) is 4. The Bertz CT molecular complexity index is 424. The molecule has 3 N–H and O–H groups in total. The monoisotopic (exact) mass is 283 g/mol. The van der Waals surface area contributed by atoms with Gasteiger partial charge >= 0.3 is 0 Å². The summed E-state index contributed by atoms with van der Waals surface area (Å²) in [6.45, 7) is 8.38. The van der Waals surface area contributed by atoms with Crippen LogP contribution in [0, 0.1) is 5.82 Å². The van der Waals surface area contributed by atoms with Gasteiger partial charge in [-0.2, -0.15) is 0 Å². The van der Waals surface area contributed by atoms with Crippen LogP contribution in [-0.2, 0) is 0 Å². The average Bonchev–Trinajstić information content (AvgIpc) is 2.39. The molecule has 5 heteroatoms. The fourth-order valence-corrected chi connectivity index (χ4v) is 1.80. The molecule has 20 heavy (non-hydrogen) atoms. The molecule has 0 saturated carbocycles. The lowest BCUT2D eigenvalue weighted by molar-refractivity contribution is 0.273. The third-order valence-electron chi connectivity index (χ3n) is 3.29. The first-order valence-corrected chi connectivity index (χ1v) is 7.11. The lowest BCUT2D eigenvalue weighted by Gasteiger charge is -2.21. The standard InChI is InChI=1S/C15H26FN3O/c1-5-20-15-10-14(13(17)9-12(15)16)18-7-6-8-19(4)11(2)3/h9-11,18H,5-8,17H2,1-4H3. The second-order valence-electron chi connectivity index (χ2n) is 5.16. The molecule has 1 aromatic carbocycles. The summed E-state index contributed by atoms with van der Waals surface area (Å²) in [6, 6.07) is 3.46. The highest BCUT2D eigenvalue weighted by molar-refractivity contribution is 5.68. The van der Waals surface area contributed by atoms with E-state index >= 15 is 0 Å². The van der Waals surface area contributed by atoms with Crippen molar-refractivity contribution in [2.24, 2.45) is 0 Å². The van der Waals surface area contributed by atoms with Crippen LogP contribution in [0.15, 0.2) is 12.1 Å². The highest BCUT2D eigenvalue weighted by Crippen LogP contribution is 2.28. The van der Waals surface area contributed by atoms with Gasteiger partial charge in [0.05, 0.1) is 18.0 Å². The third kappa shape index (κ3) is 4.89. The summed E-state index contributed by atoms with van der Waals surface area (Å²) >= 11 is 0. The summed E-state index contributed by atoms with van der Waals surface area (Å²) in [4.78, 5) is 2.28. The summed E-state index contributed by atoms with van der Waals surface area (Å²) in [6.07, 6.45) is 0.996. The van der Waals surface area contributed by atoms with Gasteiger partial charge in [-0.1, -0.05) is 0 Å². The molecule has 0 aliphatic heterocycles. The molecule has 0 radical (unpaired) electrons. The van der Waals surface area contributed by atoms with Crippen molar-refractivity contribution in [3.05, 3.63) is 17.9 Å². The average molecular weight is 283 g/mol. The van der Waals surface area contributed by atoms with Gasteiger partial charge < -0.3 is 20.7 Å². The zero-order chi connectivity index (χ0) is 15.1. The maximum Gasteiger partial charge on any atom is 0.167 e. The van der Waals surface area contributed by atoms with Gasteiger partial charge in [0.25, 0.3) is 0 Å². The first kappa shape index (κ1) is 16.6. The highest BCUT2D eigenvalue weighted by atomic mass is 19.1. The van der Waals surface area contributed by atoms with Crippen LogP contribution in [-0.4, -0.2) is 37.7 Å². The summed E-state index contributed by atoms with van der Waals surface area (Å²) in [7, 11) is 2.10. The predicted molar refractivity (Wildman–Crippen MR) is 82.9 cm³/mol. The molecule has 0 atom stereocenters. The number of nitrogens with two attached hydrogens (primary N) is 1. The van der Waals surface area contributed by atoms with E-state index in [-0.39, 0.29) is 5.75 Å². The van der Waals surface area contributed by atoms with Crippen LogP contribution in [0.5, 0.6) is 5.75 Å². The normalized spacial score (nSPS) is 11.2. The van der Waals surface area contributed by atoms with Crippen LogP contribution in [0.1, 0.15) is 27.2 Å². The Balaban J connectivity index is 2.53. The zero-order valence-corrected chi connectivity index (χ0v) is 12.9. The van der Waals surface area contributed by atoms with Crippen LogP contribution in [0.2, 0.25) is 0 Å². The lowest BCUT2D eigenvalue weighted by atomic mass is 10.2. The molecule has 0 bridgehead atoms. The Hall–Kier alpha value is -1.49. The first-order chi connectivity index (χ1) is 9.45. The molecular weight excluding hydrogens is 257 g/mol. The van der Waals surface area contributed by atoms with Gasteiger partial charge in [-0.15, -0.1) is 0 Å². The zero-order valence-electron chi connectivity index (χ0n) is 12.9. The van der Waals surface area contributed by atoms with Crippen LogP contribution >= 0.6 is 0 Å². The van der Waals surface area contributed by atoms with Crippen LogP contribution in [0.25, 0.3) is 0 Å². The van der Waals surface area contributed by atoms with E-state index in [4.69, 9.17) is 10.5 Å². The van der Waals surface area contributed by atoms with Gasteiger partial charge in [-0.3, -0.25) is 0 Å². The minimum absolute atomic E-state index is 0.239. The Labute approximate surface area is 121 Å². The molecule has 0 amide bonds. The van der Waals surface area contributed by atoms with Crippen molar-refractivity contribution in [1.29, 1.82) is 0 Å². The molecule has 0 aliphatic carbocycles. The van der Waals surface area contributed by atoms with Gasteiger partial charge in [0, 0.05) is 24.7 Å². The van der Waals surface area contributed by atoms with Gasteiger partial charge in [0.2, 0.25) is 0 Å². The van der Waals surface area contributed by atoms with Crippen molar-refractivity contribution in [2.45, 2.75) is 33.2 Å². The van der Waals surface area contributed by atoms with Crippen molar-refractivity contribution < 1.29 is 9.13 Å². The number of nitrogen functional groups attached to an aromatic ring is 1. The van der Waals surface area contributed by atoms with Crippen LogP contribution in [0.3, 0.4) is 0 Å². The van der Waals surface area contributed by atoms with Gasteiger partial charge in [0.15, 0.2) is 11.6 Å². The maximum absolute atomic E-state index is 13.6. The fraction of sp³-hybridized carbons (Fsp3) is 0.600. The molecule has 0 aliphatic rings. The second-order valence-corrected chi connectivity index (χ2v) is 5.16. The number of halogens is 1. The van der Waals surface area contributed by atoms with E-state index in [1.54, 1.807) is 6.07 Å². The minimum Gasteiger partial charge on any atom is -0.491 e. The van der Waals surface area contributed by atoms with E-state index < -0.39 is 5.82 Å². The number of benzene rings is 1. The summed E-state index contributed by atoms with van der Waals surface area (Å²) < 4.78 is 18.8. The number of rotatable bonds is 8. The third-order valence-corrected chi connectivity index (χ3v) is 3.29. The highest BCUT2D eigenvalue weighted by Gasteiger charge is 2.09. The quantitative estimate of drug-likeness (QED) is 0.569. The van der Waals surface area contributed by atoms with Crippen LogP contribution < -0.4 is 15.8 Å². The Morgan fingerprint density at radius 3 is 2.70 bits per heavy atom. The molecule has 0 spiro atoms. The molecule has 0 fully saturated rings. The lowest BCUT2D eigenvalue weighted by Crippen LogP contribution is -2.28. The van der Waals surface area contributed by atoms with Crippen molar-refractivity contribution in [3.8, 4) is 5.75 Å². The van der Waals surface area contributed by atoms with E-state index in [1.165, 1.54) is 6.07 Å². The van der Waals surface area contributed by atoms with Crippen molar-refractivity contribution in [1.82, 2.24) is 4.90 Å². The topological polar surface area (TPSA) is 50.5 Å². The molecule has 0 unspecified atom stereocenters. The molecule has 0 heterocycles. The smallest absolute Gasteiger partial charge is 0.167 e. The van der Waals surface area contributed by atoms with Gasteiger partial charge in [-0.25, -0.2) is 4.39 Å². The molecule has 4 nitrogen and oxygen atoms in total. The van der Waals surface area contributed by atoms with Crippen molar-refractivity contribution in [3.63, 3.8) is 0 Å². The largest absolute Gasteiger partial charge is 0.491 e. The van der Waals surface area contributed by atoms with E-state index in [0.29, 0.717) is 18.3 Å². The first-order valence-electron chi connectivity index (χ1n) is 7.11. The van der Waals surface area contributed by atoms with Crippen molar-refractivity contribution in [2.75, 3.05) is 37.8 Å². The maximum atomic E-state index is 13.6. The number of anilines is 2. The Kier molecular flexibility index (Phi) is 6.58.